The molecule has 116 valence electrons. The lowest BCUT2D eigenvalue weighted by Crippen LogP contribution is -2.39. The minimum absolute atomic E-state index is 0.0842. The lowest BCUT2D eigenvalue weighted by molar-refractivity contribution is -0.138. The fourth-order valence-corrected chi connectivity index (χ4v) is 3.07. The topological polar surface area (TPSA) is 66.4 Å². The van der Waals surface area contributed by atoms with E-state index in [1.54, 1.807) is 36.0 Å². The minimum atomic E-state index is -0.925. The van der Waals surface area contributed by atoms with Crippen molar-refractivity contribution in [1.29, 1.82) is 0 Å². The van der Waals surface area contributed by atoms with Gasteiger partial charge in [-0.1, -0.05) is 51.1 Å². The zero-order valence-corrected chi connectivity index (χ0v) is 13.5. The Morgan fingerprint density at radius 2 is 1.86 bits per heavy atom. The van der Waals surface area contributed by atoms with Gasteiger partial charge in [-0.3, -0.25) is 9.59 Å². The number of thioether (sulfide) groups is 1. The van der Waals surface area contributed by atoms with Gasteiger partial charge in [0, 0.05) is 6.54 Å². The maximum Gasteiger partial charge on any atom is 0.312 e. The van der Waals surface area contributed by atoms with Gasteiger partial charge in [0.05, 0.1) is 11.2 Å². The molecule has 2 atom stereocenters. The molecular weight excluding hydrogens is 286 g/mol. The molecule has 21 heavy (non-hydrogen) atoms. The van der Waals surface area contributed by atoms with Crippen molar-refractivity contribution in [2.75, 3.05) is 12.3 Å². The van der Waals surface area contributed by atoms with Crippen molar-refractivity contribution < 1.29 is 14.7 Å². The van der Waals surface area contributed by atoms with Crippen molar-refractivity contribution in [3.63, 3.8) is 0 Å². The molecular formula is C16H23NO3S. The standard InChI is InChI=1S/C16H23NO3S/c1-4-21-14(11(2)3)15(18)17-10-13(16(19)20)12-8-6-5-7-9-12/h5-9,11,13-14H,4,10H2,1-3H3,(H,17,18)(H,19,20)/t13-,14-/m0/s1. The molecule has 1 aromatic rings. The first-order valence-corrected chi connectivity index (χ1v) is 8.19. The first-order valence-electron chi connectivity index (χ1n) is 7.14. The highest BCUT2D eigenvalue weighted by atomic mass is 32.2. The molecule has 0 aliphatic carbocycles. The minimum Gasteiger partial charge on any atom is -0.481 e. The first kappa shape index (κ1) is 17.6. The summed E-state index contributed by atoms with van der Waals surface area (Å²) in [5.74, 6) is -0.647. The van der Waals surface area contributed by atoms with Crippen LogP contribution >= 0.6 is 11.8 Å². The third-order valence-electron chi connectivity index (χ3n) is 3.19. The Hall–Kier alpha value is -1.49. The van der Waals surface area contributed by atoms with E-state index < -0.39 is 11.9 Å². The number of nitrogens with one attached hydrogen (secondary N) is 1. The normalized spacial score (nSPS) is 13.7. The number of benzene rings is 1. The van der Waals surface area contributed by atoms with E-state index >= 15 is 0 Å². The Kier molecular flexibility index (Phi) is 7.29. The number of carboxylic acid groups (broad SMARTS) is 1. The van der Waals surface area contributed by atoms with Gasteiger partial charge in [0.25, 0.3) is 0 Å². The van der Waals surface area contributed by atoms with Crippen molar-refractivity contribution in [2.45, 2.75) is 31.9 Å². The maximum atomic E-state index is 12.2. The second-order valence-corrected chi connectivity index (χ2v) is 6.59. The molecule has 0 aliphatic rings. The van der Waals surface area contributed by atoms with Crippen LogP contribution in [0.3, 0.4) is 0 Å². The monoisotopic (exact) mass is 309 g/mol. The fourth-order valence-electron chi connectivity index (χ4n) is 2.09. The van der Waals surface area contributed by atoms with Crippen LogP contribution < -0.4 is 5.32 Å². The number of carbonyl (C=O) groups excluding carboxylic acids is 1. The maximum absolute atomic E-state index is 12.2. The van der Waals surface area contributed by atoms with E-state index in [0.717, 1.165) is 5.75 Å². The second-order valence-electron chi connectivity index (χ2n) is 5.17. The van der Waals surface area contributed by atoms with Gasteiger partial charge in [-0.2, -0.15) is 0 Å². The molecule has 0 fully saturated rings. The first-order chi connectivity index (χ1) is 9.97. The molecule has 0 bridgehead atoms. The summed E-state index contributed by atoms with van der Waals surface area (Å²) in [5.41, 5.74) is 0.703. The Balaban J connectivity index is 2.69. The van der Waals surface area contributed by atoms with E-state index in [4.69, 9.17) is 0 Å². The van der Waals surface area contributed by atoms with E-state index in [1.807, 2.05) is 26.8 Å². The van der Waals surface area contributed by atoms with E-state index in [-0.39, 0.29) is 23.6 Å². The zero-order valence-electron chi connectivity index (χ0n) is 12.7. The largest absolute Gasteiger partial charge is 0.481 e. The molecule has 0 spiro atoms. The summed E-state index contributed by atoms with van der Waals surface area (Å²) >= 11 is 1.59. The number of hydrogen-bond donors (Lipinski definition) is 2. The molecule has 0 radical (unpaired) electrons. The SMILES string of the molecule is CCS[C@H](C(=O)NC[C@H](C(=O)O)c1ccccc1)C(C)C. The highest BCUT2D eigenvalue weighted by Crippen LogP contribution is 2.20. The van der Waals surface area contributed by atoms with Gasteiger partial charge >= 0.3 is 5.97 Å². The van der Waals surface area contributed by atoms with Crippen LogP contribution in [0.5, 0.6) is 0 Å². The molecule has 0 unspecified atom stereocenters. The van der Waals surface area contributed by atoms with Crippen LogP contribution in [0.15, 0.2) is 30.3 Å². The van der Waals surface area contributed by atoms with Crippen LogP contribution in [-0.4, -0.2) is 34.5 Å². The van der Waals surface area contributed by atoms with Crippen LogP contribution in [0.1, 0.15) is 32.3 Å². The molecule has 0 saturated heterocycles. The van der Waals surface area contributed by atoms with Crippen molar-refractivity contribution >= 4 is 23.6 Å². The molecule has 5 heteroatoms. The highest BCUT2D eigenvalue weighted by Gasteiger charge is 2.25. The molecule has 0 heterocycles. The molecule has 2 N–H and O–H groups in total. The molecule has 0 aromatic heterocycles. The summed E-state index contributed by atoms with van der Waals surface area (Å²) in [7, 11) is 0. The number of carbonyl (C=O) groups is 2. The van der Waals surface area contributed by atoms with E-state index in [1.165, 1.54) is 0 Å². The Bertz CT molecular complexity index is 462. The Morgan fingerprint density at radius 1 is 1.24 bits per heavy atom. The molecule has 1 amide bonds. The lowest BCUT2D eigenvalue weighted by Gasteiger charge is -2.21. The number of aliphatic carboxylic acids is 1. The van der Waals surface area contributed by atoms with Crippen molar-refractivity contribution in [1.82, 2.24) is 5.32 Å². The Morgan fingerprint density at radius 3 is 2.33 bits per heavy atom. The van der Waals surface area contributed by atoms with Crippen LogP contribution in [0.4, 0.5) is 0 Å². The van der Waals surface area contributed by atoms with Gasteiger partial charge in [0.2, 0.25) is 5.91 Å². The van der Waals surface area contributed by atoms with Crippen molar-refractivity contribution in [3.8, 4) is 0 Å². The van der Waals surface area contributed by atoms with E-state index in [0.29, 0.717) is 5.56 Å². The molecule has 0 aliphatic heterocycles. The zero-order chi connectivity index (χ0) is 15.8. The number of hydrogen-bond acceptors (Lipinski definition) is 3. The van der Waals surface area contributed by atoms with Crippen LogP contribution in [-0.2, 0) is 9.59 Å². The summed E-state index contributed by atoms with van der Waals surface area (Å²) < 4.78 is 0. The smallest absolute Gasteiger partial charge is 0.312 e. The van der Waals surface area contributed by atoms with Gasteiger partial charge in [0.15, 0.2) is 0 Å². The van der Waals surface area contributed by atoms with Gasteiger partial charge in [-0.25, -0.2) is 0 Å². The number of rotatable bonds is 8. The molecule has 1 aromatic carbocycles. The summed E-state index contributed by atoms with van der Waals surface area (Å²) in [6.07, 6.45) is 0. The predicted octanol–water partition coefficient (Wildman–Crippen LogP) is 2.75. The summed E-state index contributed by atoms with van der Waals surface area (Å²) in [5, 5.41) is 12.0. The van der Waals surface area contributed by atoms with Gasteiger partial charge in [0.1, 0.15) is 0 Å². The third kappa shape index (κ3) is 5.42. The summed E-state index contributed by atoms with van der Waals surface area (Å²) in [4.78, 5) is 23.6. The van der Waals surface area contributed by atoms with Crippen LogP contribution in [0.25, 0.3) is 0 Å². The van der Waals surface area contributed by atoms with Crippen molar-refractivity contribution in [3.05, 3.63) is 35.9 Å². The Labute approximate surface area is 130 Å². The number of carboxylic acids is 1. The van der Waals surface area contributed by atoms with E-state index in [9.17, 15) is 14.7 Å². The quantitative estimate of drug-likeness (QED) is 0.775. The molecule has 1 rings (SSSR count). The average Bonchev–Trinajstić information content (AvgIpc) is 2.45. The highest BCUT2D eigenvalue weighted by molar-refractivity contribution is 8.00. The van der Waals surface area contributed by atoms with E-state index in [2.05, 4.69) is 5.32 Å². The van der Waals surface area contributed by atoms with Gasteiger partial charge in [-0.15, -0.1) is 11.8 Å². The summed E-state index contributed by atoms with van der Waals surface area (Å²) in [6.45, 7) is 6.13. The third-order valence-corrected chi connectivity index (χ3v) is 4.64. The number of amides is 1. The predicted molar refractivity (Wildman–Crippen MR) is 86.6 cm³/mol. The fraction of sp³-hybridized carbons (Fsp3) is 0.500. The molecule has 0 saturated carbocycles. The van der Waals surface area contributed by atoms with Crippen LogP contribution in [0.2, 0.25) is 0 Å². The molecule has 4 nitrogen and oxygen atoms in total. The van der Waals surface area contributed by atoms with Crippen molar-refractivity contribution in [2.24, 2.45) is 5.92 Å². The lowest BCUT2D eigenvalue weighted by atomic mass is 9.99. The average molecular weight is 309 g/mol. The second kappa shape index (κ2) is 8.72. The van der Waals surface area contributed by atoms with Gasteiger partial charge < -0.3 is 10.4 Å². The van der Waals surface area contributed by atoms with Gasteiger partial charge in [-0.05, 0) is 17.2 Å². The summed E-state index contributed by atoms with van der Waals surface area (Å²) in [6, 6.07) is 8.99. The van der Waals surface area contributed by atoms with Crippen LogP contribution in [0, 0.1) is 5.92 Å².